The normalized spacial score (nSPS) is 17.4. The first-order valence-electron chi connectivity index (χ1n) is 17.5. The molecule has 1 aromatic carbocycles. The number of hydrogen-bond donors (Lipinski definition) is 0. The van der Waals surface area contributed by atoms with Gasteiger partial charge in [0.1, 0.15) is 9.73 Å². The van der Waals surface area contributed by atoms with Crippen LogP contribution in [0.15, 0.2) is 75.9 Å². The molecule has 11 heteroatoms. The minimum Gasteiger partial charge on any atom is -0.415 e. The van der Waals surface area contributed by atoms with Crippen LogP contribution in [0, 0.1) is 11.8 Å². The lowest BCUT2D eigenvalue weighted by Gasteiger charge is -2.44. The first-order valence-corrected chi connectivity index (χ1v) is 26.3. The number of benzene rings is 1. The highest BCUT2D eigenvalue weighted by Crippen LogP contribution is 2.42. The van der Waals surface area contributed by atoms with Gasteiger partial charge in [0.2, 0.25) is 10.0 Å². The smallest absolute Gasteiger partial charge is 0.219 e. The number of sulfonamides is 1. The fraction of sp³-hybridized carbons (Fsp3) is 0.684. The van der Waals surface area contributed by atoms with Gasteiger partial charge < -0.3 is 8.85 Å². The first kappa shape index (κ1) is 45.7. The van der Waals surface area contributed by atoms with Gasteiger partial charge in [-0.3, -0.25) is 0 Å². The van der Waals surface area contributed by atoms with Gasteiger partial charge in [-0.25, -0.2) is 17.0 Å². The summed E-state index contributed by atoms with van der Waals surface area (Å²) in [5.41, 5.74) is 0. The van der Waals surface area contributed by atoms with E-state index in [4.69, 9.17) is 8.85 Å². The second kappa shape index (κ2) is 17.0. The van der Waals surface area contributed by atoms with Gasteiger partial charge in [0, 0.05) is 13.6 Å². The van der Waals surface area contributed by atoms with Crippen LogP contribution in [0.3, 0.4) is 0 Å². The lowest BCUT2D eigenvalue weighted by molar-refractivity contribution is 0.144. The van der Waals surface area contributed by atoms with Crippen LogP contribution < -0.4 is 0 Å². The van der Waals surface area contributed by atoms with Gasteiger partial charge >= 0.3 is 0 Å². The van der Waals surface area contributed by atoms with Crippen LogP contribution in [0.25, 0.3) is 0 Å². The molecule has 0 saturated heterocycles. The van der Waals surface area contributed by atoms with Crippen LogP contribution in [0.5, 0.6) is 0 Å². The van der Waals surface area contributed by atoms with Gasteiger partial charge in [0.05, 0.1) is 33.3 Å². The summed E-state index contributed by atoms with van der Waals surface area (Å²) in [6.07, 6.45) is 5.31. The standard InChI is InChI=1S/C38H70N2O5S2Si2/c1-19-24-34(45-49(17,18)38(11,12)13)35(46(41,39-14)31-25-22-21-23-26-31)28-32(30(3)4)33(29-44-48(15,16)37(8,9)10)40(27-20-2)47(42,43)36(5,6)7/h19-23,25-26,28,30,32-34H,1-2,24,27,29H2,3-18H3/b35-28+/t32-,33+,34-,46?/m0/s1. The van der Waals surface area contributed by atoms with E-state index in [1.54, 1.807) is 38.2 Å². The van der Waals surface area contributed by atoms with E-state index in [0.717, 1.165) is 0 Å². The minimum absolute atomic E-state index is 0.0703. The van der Waals surface area contributed by atoms with E-state index in [1.165, 1.54) is 0 Å². The van der Waals surface area contributed by atoms with Crippen molar-refractivity contribution < 1.29 is 21.5 Å². The maximum atomic E-state index is 15.5. The summed E-state index contributed by atoms with van der Waals surface area (Å²) < 4.78 is 63.4. The molecule has 0 saturated carbocycles. The summed E-state index contributed by atoms with van der Waals surface area (Å²) in [4.78, 5) is 1.13. The van der Waals surface area contributed by atoms with Crippen molar-refractivity contribution in [1.29, 1.82) is 0 Å². The highest BCUT2D eigenvalue weighted by atomic mass is 32.2. The van der Waals surface area contributed by atoms with E-state index in [0.29, 0.717) is 16.2 Å². The molecular weight excluding hydrogens is 685 g/mol. The molecule has 1 aromatic rings. The molecule has 0 heterocycles. The van der Waals surface area contributed by atoms with E-state index in [1.807, 2.05) is 42.5 Å². The molecule has 0 bridgehead atoms. The van der Waals surface area contributed by atoms with Crippen LogP contribution in [0.4, 0.5) is 0 Å². The van der Waals surface area contributed by atoms with Crippen molar-refractivity contribution in [3.8, 4) is 0 Å². The molecular formula is C38H70N2O5S2Si2. The zero-order chi connectivity index (χ0) is 38.4. The Kier molecular flexibility index (Phi) is 15.8. The third-order valence-corrected chi connectivity index (χ3v) is 24.4. The van der Waals surface area contributed by atoms with Crippen molar-refractivity contribution in [3.05, 3.63) is 66.6 Å². The fourth-order valence-electron chi connectivity index (χ4n) is 4.96. The third-order valence-electron chi connectivity index (χ3n) is 10.3. The van der Waals surface area contributed by atoms with Crippen LogP contribution in [0.2, 0.25) is 36.3 Å². The topological polar surface area (TPSA) is 85.3 Å². The summed E-state index contributed by atoms with van der Waals surface area (Å²) in [5.74, 6) is -0.488. The van der Waals surface area contributed by atoms with Gasteiger partial charge in [0.25, 0.3) is 0 Å². The molecule has 0 N–H and O–H groups in total. The van der Waals surface area contributed by atoms with Crippen molar-refractivity contribution in [2.45, 2.75) is 141 Å². The van der Waals surface area contributed by atoms with Gasteiger partial charge in [-0.15, -0.1) is 13.2 Å². The summed E-state index contributed by atoms with van der Waals surface area (Å²) in [7, 11) is -10.2. The van der Waals surface area contributed by atoms with E-state index < -0.39 is 59.2 Å². The summed E-state index contributed by atoms with van der Waals surface area (Å²) in [6.45, 7) is 39.5. The predicted molar refractivity (Wildman–Crippen MR) is 217 cm³/mol. The van der Waals surface area contributed by atoms with Gasteiger partial charge in [-0.1, -0.05) is 91.8 Å². The summed E-state index contributed by atoms with van der Waals surface area (Å²) in [5, 5.41) is -0.208. The third kappa shape index (κ3) is 11.1. The zero-order valence-corrected chi connectivity index (χ0v) is 37.3. The zero-order valence-electron chi connectivity index (χ0n) is 33.7. The Labute approximate surface area is 304 Å². The average molecular weight is 755 g/mol. The molecule has 0 aliphatic rings. The van der Waals surface area contributed by atoms with E-state index in [-0.39, 0.29) is 29.1 Å². The lowest BCUT2D eigenvalue weighted by Crippen LogP contribution is -2.55. The highest BCUT2D eigenvalue weighted by Gasteiger charge is 2.46. The van der Waals surface area contributed by atoms with Crippen molar-refractivity contribution in [1.82, 2.24) is 4.31 Å². The summed E-state index contributed by atoms with van der Waals surface area (Å²) in [6, 6.07) is 8.69. The van der Waals surface area contributed by atoms with E-state index in [9.17, 15) is 8.42 Å². The highest BCUT2D eigenvalue weighted by molar-refractivity contribution is 7.97. The second-order valence-electron chi connectivity index (χ2n) is 17.4. The van der Waals surface area contributed by atoms with Gasteiger partial charge in [-0.2, -0.15) is 4.31 Å². The number of hydrogen-bond acceptors (Lipinski definition) is 6. The Morgan fingerprint density at radius 1 is 0.878 bits per heavy atom. The molecule has 282 valence electrons. The van der Waals surface area contributed by atoms with E-state index >= 15 is 4.21 Å². The molecule has 0 aliphatic heterocycles. The minimum atomic E-state index is -3.86. The van der Waals surface area contributed by atoms with Crippen molar-refractivity contribution >= 4 is 36.4 Å². The molecule has 0 amide bonds. The van der Waals surface area contributed by atoms with Crippen molar-refractivity contribution in [3.63, 3.8) is 0 Å². The van der Waals surface area contributed by atoms with E-state index in [2.05, 4.69) is 99.1 Å². The molecule has 0 aliphatic carbocycles. The Morgan fingerprint density at radius 3 is 1.78 bits per heavy atom. The number of rotatable bonds is 17. The molecule has 1 unspecified atom stereocenters. The first-order chi connectivity index (χ1) is 22.1. The Hall–Kier alpha value is -1.35. The number of nitrogens with zero attached hydrogens (tertiary/aromatic N) is 2. The Balaban J connectivity index is 4.42. The maximum Gasteiger partial charge on any atom is 0.219 e. The molecule has 49 heavy (non-hydrogen) atoms. The van der Waals surface area contributed by atoms with Gasteiger partial charge in [-0.05, 0) is 87.4 Å². The van der Waals surface area contributed by atoms with Crippen LogP contribution in [-0.2, 0) is 28.6 Å². The Bertz CT molecular complexity index is 1510. The molecule has 1 rings (SSSR count). The van der Waals surface area contributed by atoms with Crippen molar-refractivity contribution in [2.75, 3.05) is 20.2 Å². The summed E-state index contributed by atoms with van der Waals surface area (Å²) >= 11 is 0. The fourth-order valence-corrected chi connectivity index (χ4v) is 11.0. The van der Waals surface area contributed by atoms with Crippen molar-refractivity contribution in [2.24, 2.45) is 16.2 Å². The Morgan fingerprint density at radius 2 is 1.39 bits per heavy atom. The van der Waals surface area contributed by atoms with Crippen LogP contribution in [0.1, 0.15) is 82.6 Å². The molecule has 4 atom stereocenters. The van der Waals surface area contributed by atoms with Gasteiger partial charge in [0.15, 0.2) is 16.6 Å². The molecule has 0 radical (unpaired) electrons. The molecule has 0 fully saturated rings. The maximum absolute atomic E-state index is 15.5. The SMILES string of the molecule is C=CC[C@H](O[Si](C)(C)C(C)(C)C)/C(=C\[C@@H](C(C)C)[C@@H](CO[Si](C)(C)C(C)(C)C)N(CC=C)S(=O)(=O)C(C)(C)C)S(=O)(=NC)c1ccccc1. The predicted octanol–water partition coefficient (Wildman–Crippen LogP) is 10.3. The molecule has 0 spiro atoms. The van der Waals surface area contributed by atoms with Crippen LogP contribution >= 0.6 is 0 Å². The molecule has 7 nitrogen and oxygen atoms in total. The van der Waals surface area contributed by atoms with Crippen LogP contribution in [-0.4, -0.2) is 70.7 Å². The quantitative estimate of drug-likeness (QED) is 0.117. The second-order valence-corrected chi connectivity index (χ2v) is 32.0. The monoisotopic (exact) mass is 754 g/mol. The largest absolute Gasteiger partial charge is 0.415 e. The molecule has 0 aromatic heterocycles. The average Bonchev–Trinajstić information content (AvgIpc) is 2.95. The lowest BCUT2D eigenvalue weighted by atomic mass is 9.87.